The number of ether oxygens (including phenoxy) is 1. The molecule has 3 rings (SSSR count). The summed E-state index contributed by atoms with van der Waals surface area (Å²) in [4.78, 5) is 30.7. The maximum atomic E-state index is 15.0. The van der Waals surface area contributed by atoms with Crippen molar-refractivity contribution in [1.82, 2.24) is 19.9 Å². The molecule has 0 fully saturated rings. The summed E-state index contributed by atoms with van der Waals surface area (Å²) in [7, 11) is 1.90. The van der Waals surface area contributed by atoms with E-state index < -0.39 is 39.2 Å². The lowest BCUT2D eigenvalue weighted by Gasteiger charge is -2.17. The molecule has 3 aromatic rings. The van der Waals surface area contributed by atoms with Crippen molar-refractivity contribution in [2.75, 3.05) is 33.6 Å². The normalized spacial score (nSPS) is 12.7. The van der Waals surface area contributed by atoms with Gasteiger partial charge in [-0.05, 0) is 37.2 Å². The van der Waals surface area contributed by atoms with Crippen molar-refractivity contribution in [3.8, 4) is 11.1 Å². The molecule has 1 amide bonds. The molecule has 0 spiro atoms. The molecular weight excluding hydrogens is 518 g/mol. The van der Waals surface area contributed by atoms with Gasteiger partial charge in [-0.25, -0.2) is 19.2 Å². The molecule has 1 aromatic heterocycles. The van der Waals surface area contributed by atoms with Crippen molar-refractivity contribution in [1.29, 1.82) is 0 Å². The summed E-state index contributed by atoms with van der Waals surface area (Å²) in [6.07, 6.45) is 2.53. The zero-order valence-electron chi connectivity index (χ0n) is 22.2. The summed E-state index contributed by atoms with van der Waals surface area (Å²) in [5.41, 5.74) is 1.82. The number of carbonyl (C=O) groups is 1. The molecule has 1 heterocycles. The van der Waals surface area contributed by atoms with Crippen LogP contribution in [0.1, 0.15) is 25.8 Å². The highest BCUT2D eigenvalue weighted by Gasteiger charge is 2.22. The molecule has 0 radical (unpaired) electrons. The van der Waals surface area contributed by atoms with Gasteiger partial charge in [-0.15, -0.1) is 0 Å². The lowest BCUT2D eigenvalue weighted by molar-refractivity contribution is -0.128. The van der Waals surface area contributed by atoms with E-state index in [0.29, 0.717) is 19.7 Å². The Balaban J connectivity index is 0.00000247. The van der Waals surface area contributed by atoms with Crippen LogP contribution in [-0.4, -0.2) is 68.6 Å². The minimum atomic E-state index is -1.59. The number of benzene rings is 2. The average molecular weight is 553 g/mol. The highest BCUT2D eigenvalue weighted by molar-refractivity contribution is 7.85. The van der Waals surface area contributed by atoms with Crippen molar-refractivity contribution in [2.45, 2.75) is 38.6 Å². The molecule has 2 aromatic carbocycles. The van der Waals surface area contributed by atoms with Crippen LogP contribution in [0.3, 0.4) is 0 Å². The number of likely N-dealkylation sites (N-methyl/N-ethyl adjacent to an activating group) is 1. The summed E-state index contributed by atoms with van der Waals surface area (Å²) < 4.78 is 47.9. The molecule has 208 valence electrons. The van der Waals surface area contributed by atoms with E-state index in [1.165, 1.54) is 40.8 Å². The Morgan fingerprint density at radius 2 is 1.89 bits per heavy atom. The second-order valence-electron chi connectivity index (χ2n) is 8.39. The van der Waals surface area contributed by atoms with Gasteiger partial charge in [0.2, 0.25) is 0 Å². The van der Waals surface area contributed by atoms with Gasteiger partial charge < -0.3 is 4.74 Å². The number of nitrogens with one attached hydrogen (secondary N) is 1. The standard InChI is InChI=1S/C24H28F2N4O5S.C2H6/c1-29(8-9-35-2)13-15-4-5-16(19(25)10-15)17-12-21-18(11-20(17)26)24(32)30(14-27-21)7-6-22(36(3)34)23(31)28-33;1-2/h4-5,10-12,14,22,33H,6-9,13H2,1-3H3,(H,28,31);1-2H3. The maximum Gasteiger partial charge on any atom is 0.261 e. The lowest BCUT2D eigenvalue weighted by atomic mass is 10.0. The zero-order chi connectivity index (χ0) is 28.4. The number of hydroxylamine groups is 1. The van der Waals surface area contributed by atoms with Gasteiger partial charge in [0, 0.05) is 54.9 Å². The monoisotopic (exact) mass is 552 g/mol. The molecule has 2 N–H and O–H groups in total. The van der Waals surface area contributed by atoms with E-state index in [1.54, 1.807) is 13.2 Å². The fourth-order valence-electron chi connectivity index (χ4n) is 3.83. The van der Waals surface area contributed by atoms with E-state index in [-0.39, 0.29) is 35.0 Å². The predicted octanol–water partition coefficient (Wildman–Crippen LogP) is 3.09. The Hall–Kier alpha value is -3.06. The summed E-state index contributed by atoms with van der Waals surface area (Å²) in [6, 6.07) is 6.90. The highest BCUT2D eigenvalue weighted by atomic mass is 32.2. The highest BCUT2D eigenvalue weighted by Crippen LogP contribution is 2.29. The minimum Gasteiger partial charge on any atom is -0.383 e. The van der Waals surface area contributed by atoms with E-state index >= 15 is 4.39 Å². The first-order valence-electron chi connectivity index (χ1n) is 12.1. The number of carbonyl (C=O) groups excluding carboxylic acids is 1. The molecular formula is C26H34F2N4O5S. The molecule has 0 bridgehead atoms. The van der Waals surface area contributed by atoms with Gasteiger partial charge in [-0.2, -0.15) is 0 Å². The third-order valence-electron chi connectivity index (χ3n) is 5.80. The largest absolute Gasteiger partial charge is 0.383 e. The van der Waals surface area contributed by atoms with Crippen LogP contribution in [0.4, 0.5) is 8.78 Å². The summed E-state index contributed by atoms with van der Waals surface area (Å²) in [6.45, 7) is 5.69. The predicted molar refractivity (Wildman–Crippen MR) is 143 cm³/mol. The number of nitrogens with zero attached hydrogens (tertiary/aromatic N) is 3. The first-order valence-corrected chi connectivity index (χ1v) is 13.7. The van der Waals surface area contributed by atoms with Crippen molar-refractivity contribution in [3.63, 3.8) is 0 Å². The molecule has 12 heteroatoms. The van der Waals surface area contributed by atoms with Crippen LogP contribution in [0.5, 0.6) is 0 Å². The lowest BCUT2D eigenvalue weighted by Crippen LogP contribution is -2.36. The number of halogens is 2. The number of methoxy groups -OCH3 is 1. The van der Waals surface area contributed by atoms with E-state index in [0.717, 1.165) is 11.6 Å². The molecule has 0 saturated heterocycles. The maximum absolute atomic E-state index is 15.0. The number of aryl methyl sites for hydroxylation is 1. The van der Waals surface area contributed by atoms with Crippen LogP contribution in [-0.2, 0) is 33.4 Å². The zero-order valence-corrected chi connectivity index (χ0v) is 23.0. The Morgan fingerprint density at radius 1 is 1.21 bits per heavy atom. The van der Waals surface area contributed by atoms with Crippen molar-refractivity contribution in [3.05, 3.63) is 64.2 Å². The number of hydrogen-bond acceptors (Lipinski definition) is 7. The Labute approximate surface area is 222 Å². The van der Waals surface area contributed by atoms with Crippen LogP contribution in [0.2, 0.25) is 0 Å². The minimum absolute atomic E-state index is 0.0125. The number of hydrogen-bond donors (Lipinski definition) is 2. The molecule has 0 aliphatic carbocycles. The van der Waals surface area contributed by atoms with Gasteiger partial charge in [0.25, 0.3) is 11.5 Å². The topological polar surface area (TPSA) is 114 Å². The number of amides is 1. The summed E-state index contributed by atoms with van der Waals surface area (Å²) >= 11 is 0. The fourth-order valence-corrected chi connectivity index (χ4v) is 4.63. The van der Waals surface area contributed by atoms with Crippen LogP contribution in [0.25, 0.3) is 22.0 Å². The molecule has 2 unspecified atom stereocenters. The SMILES string of the molecule is CC.COCCN(C)Cc1ccc(-c2cc3ncn(CCC(C(=O)NO)S(C)=O)c(=O)c3cc2F)c(F)c1. The van der Waals surface area contributed by atoms with Gasteiger partial charge in [-0.3, -0.25) is 28.5 Å². The smallest absolute Gasteiger partial charge is 0.261 e. The van der Waals surface area contributed by atoms with Gasteiger partial charge in [0.05, 0.1) is 23.8 Å². The van der Waals surface area contributed by atoms with Crippen molar-refractivity contribution >= 4 is 27.6 Å². The Kier molecular flexibility index (Phi) is 12.1. The molecule has 0 aliphatic heterocycles. The molecule has 9 nitrogen and oxygen atoms in total. The van der Waals surface area contributed by atoms with Crippen LogP contribution in [0.15, 0.2) is 41.5 Å². The van der Waals surface area contributed by atoms with Gasteiger partial charge in [0.1, 0.15) is 16.9 Å². The number of aromatic nitrogens is 2. The Morgan fingerprint density at radius 3 is 2.50 bits per heavy atom. The number of fused-ring (bicyclic) bond motifs is 1. The summed E-state index contributed by atoms with van der Waals surface area (Å²) in [5, 5.41) is 7.76. The second-order valence-corrected chi connectivity index (χ2v) is 9.96. The van der Waals surface area contributed by atoms with Gasteiger partial charge in [-0.1, -0.05) is 26.0 Å². The summed E-state index contributed by atoms with van der Waals surface area (Å²) in [5.74, 6) is -2.21. The van der Waals surface area contributed by atoms with E-state index in [4.69, 9.17) is 9.94 Å². The van der Waals surface area contributed by atoms with Crippen LogP contribution in [0, 0.1) is 11.6 Å². The van der Waals surface area contributed by atoms with E-state index in [2.05, 4.69) is 4.98 Å². The third kappa shape index (κ3) is 7.73. The van der Waals surface area contributed by atoms with Gasteiger partial charge in [0.15, 0.2) is 0 Å². The van der Waals surface area contributed by atoms with Crippen molar-refractivity contribution < 1.29 is 27.7 Å². The molecule has 0 aliphatic rings. The quantitative estimate of drug-likeness (QED) is 0.278. The van der Waals surface area contributed by atoms with Gasteiger partial charge >= 0.3 is 0 Å². The fraction of sp³-hybridized carbons (Fsp3) is 0.423. The van der Waals surface area contributed by atoms with Crippen LogP contribution >= 0.6 is 0 Å². The molecule has 0 saturated carbocycles. The first-order chi connectivity index (χ1) is 18.2. The first kappa shape index (κ1) is 31.2. The number of rotatable bonds is 11. The van der Waals surface area contributed by atoms with Crippen LogP contribution < -0.4 is 11.0 Å². The van der Waals surface area contributed by atoms with E-state index in [1.807, 2.05) is 25.8 Å². The third-order valence-corrected chi connectivity index (χ3v) is 7.05. The van der Waals surface area contributed by atoms with Crippen molar-refractivity contribution in [2.24, 2.45) is 0 Å². The Bertz CT molecular complexity index is 1330. The molecule has 2 atom stereocenters. The van der Waals surface area contributed by atoms with E-state index in [9.17, 15) is 18.2 Å². The second kappa shape index (κ2) is 14.8. The average Bonchev–Trinajstić information content (AvgIpc) is 2.90. The molecule has 38 heavy (non-hydrogen) atoms.